The largest absolute Gasteiger partial charge is 0.450 e. The van der Waals surface area contributed by atoms with Gasteiger partial charge in [0.25, 0.3) is 0 Å². The number of anilines is 2. The number of hydrogen-bond donors (Lipinski definition) is 4. The topological polar surface area (TPSA) is 101 Å². The SMILES string of the molecule is CCOC(=O)NC(=S)Nc1c(Cl)cc(Cl)c(Cl)c1NC(=S)NC(=O)OCC. The van der Waals surface area contributed by atoms with Crippen molar-refractivity contribution in [2.45, 2.75) is 13.8 Å². The van der Waals surface area contributed by atoms with Gasteiger partial charge in [0.05, 0.1) is 39.7 Å². The van der Waals surface area contributed by atoms with Crippen LogP contribution in [0.15, 0.2) is 6.07 Å². The van der Waals surface area contributed by atoms with E-state index in [1.807, 2.05) is 0 Å². The van der Waals surface area contributed by atoms with Crippen LogP contribution in [-0.4, -0.2) is 35.6 Å². The highest BCUT2D eigenvalue weighted by Gasteiger charge is 2.19. The van der Waals surface area contributed by atoms with Crippen molar-refractivity contribution in [3.63, 3.8) is 0 Å². The van der Waals surface area contributed by atoms with Gasteiger partial charge in [-0.25, -0.2) is 9.59 Å². The minimum atomic E-state index is -0.756. The Kier molecular flexibility index (Phi) is 9.81. The predicted octanol–water partition coefficient (Wildman–Crippen LogP) is 4.53. The number of thiocarbonyl (C=S) groups is 2. The van der Waals surface area contributed by atoms with E-state index in [0.717, 1.165) is 0 Å². The normalized spacial score (nSPS) is 9.81. The minimum Gasteiger partial charge on any atom is -0.450 e. The Morgan fingerprint density at radius 3 is 1.78 bits per heavy atom. The molecule has 0 fully saturated rings. The number of halogens is 3. The molecule has 2 amide bonds. The standard InChI is InChI=1S/C14H15Cl3N4O4S2/c1-3-24-13(22)20-11(26)18-9-7(16)5-6(15)8(17)10(9)19-12(27)21-14(23)25-4-2/h5H,3-4H2,1-2H3,(H2,18,20,22,26)(H2,19,21,23,27). The third kappa shape index (κ3) is 7.51. The lowest BCUT2D eigenvalue weighted by Gasteiger charge is -2.19. The molecule has 0 saturated carbocycles. The van der Waals surface area contributed by atoms with Crippen molar-refractivity contribution in [1.82, 2.24) is 10.6 Å². The molecule has 8 nitrogen and oxygen atoms in total. The zero-order valence-electron chi connectivity index (χ0n) is 14.1. The molecule has 0 heterocycles. The molecule has 0 radical (unpaired) electrons. The van der Waals surface area contributed by atoms with Crippen LogP contribution in [0.5, 0.6) is 0 Å². The van der Waals surface area contributed by atoms with Gasteiger partial charge in [0.15, 0.2) is 10.2 Å². The van der Waals surface area contributed by atoms with Crippen molar-refractivity contribution in [3.8, 4) is 0 Å². The Morgan fingerprint density at radius 1 is 0.889 bits per heavy atom. The molecule has 13 heteroatoms. The molecule has 0 aliphatic heterocycles. The van der Waals surface area contributed by atoms with E-state index < -0.39 is 12.2 Å². The van der Waals surface area contributed by atoms with Gasteiger partial charge < -0.3 is 20.1 Å². The first-order valence-corrected chi connectivity index (χ1v) is 9.31. The lowest BCUT2D eigenvalue weighted by Crippen LogP contribution is -2.36. The Labute approximate surface area is 181 Å². The minimum absolute atomic E-state index is 0.0514. The van der Waals surface area contributed by atoms with Crippen molar-refractivity contribution >= 4 is 93.0 Å². The van der Waals surface area contributed by atoms with Crippen LogP contribution in [0.3, 0.4) is 0 Å². The molecule has 1 aromatic carbocycles. The van der Waals surface area contributed by atoms with Crippen LogP contribution < -0.4 is 21.3 Å². The third-order valence-electron chi connectivity index (χ3n) is 2.63. The van der Waals surface area contributed by atoms with Crippen molar-refractivity contribution < 1.29 is 19.1 Å². The Morgan fingerprint density at radius 2 is 1.33 bits per heavy atom. The summed E-state index contributed by atoms with van der Waals surface area (Å²) >= 11 is 28.5. The Balaban J connectivity index is 3.05. The van der Waals surface area contributed by atoms with Crippen molar-refractivity contribution in [2.24, 2.45) is 0 Å². The van der Waals surface area contributed by atoms with Crippen LogP contribution in [0.25, 0.3) is 0 Å². The van der Waals surface area contributed by atoms with Gasteiger partial charge in [-0.05, 0) is 44.3 Å². The van der Waals surface area contributed by atoms with Crippen LogP contribution in [0.4, 0.5) is 21.0 Å². The summed E-state index contributed by atoms with van der Waals surface area (Å²) in [7, 11) is 0. The van der Waals surface area contributed by atoms with Gasteiger partial charge in [-0.3, -0.25) is 10.6 Å². The molecule has 0 aromatic heterocycles. The van der Waals surface area contributed by atoms with Crippen LogP contribution >= 0.6 is 59.2 Å². The molecule has 0 aliphatic carbocycles. The van der Waals surface area contributed by atoms with E-state index in [4.69, 9.17) is 68.7 Å². The molecule has 1 rings (SSSR count). The maximum atomic E-state index is 11.5. The molecule has 27 heavy (non-hydrogen) atoms. The van der Waals surface area contributed by atoms with Gasteiger partial charge in [0.1, 0.15) is 0 Å². The summed E-state index contributed by atoms with van der Waals surface area (Å²) in [5, 5.41) is 10.0. The number of rotatable bonds is 4. The van der Waals surface area contributed by atoms with Crippen LogP contribution in [-0.2, 0) is 9.47 Å². The van der Waals surface area contributed by atoms with E-state index in [1.165, 1.54) is 6.07 Å². The van der Waals surface area contributed by atoms with Gasteiger partial charge in [0, 0.05) is 0 Å². The maximum absolute atomic E-state index is 11.5. The third-order valence-corrected chi connectivity index (χ3v) is 4.12. The van der Waals surface area contributed by atoms with Gasteiger partial charge in [-0.1, -0.05) is 34.8 Å². The maximum Gasteiger partial charge on any atom is 0.413 e. The summed E-state index contributed by atoms with van der Waals surface area (Å²) in [6, 6.07) is 1.37. The summed E-state index contributed by atoms with van der Waals surface area (Å²) in [6.45, 7) is 3.62. The van der Waals surface area contributed by atoms with E-state index in [2.05, 4.69) is 21.3 Å². The molecule has 0 bridgehead atoms. The molecule has 0 saturated heterocycles. The fourth-order valence-electron chi connectivity index (χ4n) is 1.64. The Hall–Kier alpha value is -1.59. The average Bonchev–Trinajstić information content (AvgIpc) is 2.56. The quantitative estimate of drug-likeness (QED) is 0.374. The summed E-state index contributed by atoms with van der Waals surface area (Å²) in [6.07, 6.45) is -1.51. The zero-order valence-corrected chi connectivity index (χ0v) is 18.0. The first-order valence-electron chi connectivity index (χ1n) is 7.36. The van der Waals surface area contributed by atoms with Gasteiger partial charge >= 0.3 is 12.2 Å². The lowest BCUT2D eigenvalue weighted by atomic mass is 10.2. The van der Waals surface area contributed by atoms with Gasteiger partial charge in [-0.2, -0.15) is 0 Å². The van der Waals surface area contributed by atoms with Crippen LogP contribution in [0.2, 0.25) is 15.1 Å². The fourth-order valence-corrected chi connectivity index (χ4v) is 2.72. The van der Waals surface area contributed by atoms with E-state index in [1.54, 1.807) is 13.8 Å². The molecular weight excluding hydrogens is 459 g/mol. The van der Waals surface area contributed by atoms with Crippen molar-refractivity contribution in [1.29, 1.82) is 0 Å². The summed E-state index contributed by atoms with van der Waals surface area (Å²) in [4.78, 5) is 22.9. The summed E-state index contributed by atoms with van der Waals surface area (Å²) < 4.78 is 9.46. The number of amides is 2. The number of ether oxygens (including phenoxy) is 2. The highest BCUT2D eigenvalue weighted by atomic mass is 35.5. The summed E-state index contributed by atoms with van der Waals surface area (Å²) in [5.41, 5.74) is 0.296. The molecule has 4 N–H and O–H groups in total. The number of carbonyl (C=O) groups excluding carboxylic acids is 2. The van der Waals surface area contributed by atoms with Gasteiger partial charge in [-0.15, -0.1) is 0 Å². The predicted molar refractivity (Wildman–Crippen MR) is 114 cm³/mol. The monoisotopic (exact) mass is 472 g/mol. The number of nitrogens with one attached hydrogen (secondary N) is 4. The number of carbonyl (C=O) groups is 2. The molecule has 0 spiro atoms. The van der Waals surface area contributed by atoms with Crippen LogP contribution in [0.1, 0.15) is 13.8 Å². The van der Waals surface area contributed by atoms with Crippen molar-refractivity contribution in [3.05, 3.63) is 21.1 Å². The molecule has 1 aromatic rings. The molecule has 0 atom stereocenters. The van der Waals surface area contributed by atoms with Gasteiger partial charge in [0.2, 0.25) is 0 Å². The van der Waals surface area contributed by atoms with Crippen molar-refractivity contribution in [2.75, 3.05) is 23.8 Å². The smallest absolute Gasteiger partial charge is 0.413 e. The second-order valence-electron chi connectivity index (χ2n) is 4.50. The second-order valence-corrected chi connectivity index (χ2v) is 6.51. The fraction of sp³-hybridized carbons (Fsp3) is 0.286. The molecular formula is C14H15Cl3N4O4S2. The number of alkyl carbamates (subject to hydrolysis) is 2. The molecule has 0 unspecified atom stereocenters. The Bertz CT molecular complexity index is 764. The summed E-state index contributed by atoms with van der Waals surface area (Å²) in [5.74, 6) is 0. The highest BCUT2D eigenvalue weighted by Crippen LogP contribution is 2.41. The van der Waals surface area contributed by atoms with E-state index in [-0.39, 0.29) is 49.9 Å². The molecule has 0 aliphatic rings. The first-order chi connectivity index (χ1) is 12.7. The highest BCUT2D eigenvalue weighted by molar-refractivity contribution is 7.80. The second kappa shape index (κ2) is 11.3. The van der Waals surface area contributed by atoms with E-state index in [0.29, 0.717) is 0 Å². The lowest BCUT2D eigenvalue weighted by molar-refractivity contribution is 0.157. The first kappa shape index (κ1) is 23.4. The molecule has 148 valence electrons. The number of benzene rings is 1. The number of hydrogen-bond acceptors (Lipinski definition) is 6. The average molecular weight is 474 g/mol. The van der Waals surface area contributed by atoms with E-state index in [9.17, 15) is 9.59 Å². The van der Waals surface area contributed by atoms with Crippen LogP contribution in [0, 0.1) is 0 Å². The zero-order chi connectivity index (χ0) is 20.6. The van der Waals surface area contributed by atoms with E-state index >= 15 is 0 Å².